The second-order valence-electron chi connectivity index (χ2n) is 7.28. The van der Waals surface area contributed by atoms with Gasteiger partial charge in [0, 0.05) is 32.1 Å². The first-order chi connectivity index (χ1) is 11.8. The molecule has 4 rings (SSSR count). The van der Waals surface area contributed by atoms with E-state index in [-0.39, 0.29) is 0 Å². The number of ether oxygens (including phenoxy) is 1. The number of aromatic nitrogens is 3. The summed E-state index contributed by atoms with van der Waals surface area (Å²) in [5, 5.41) is 9.27. The minimum atomic E-state index is 0.564. The lowest BCUT2D eigenvalue weighted by Gasteiger charge is -2.29. The van der Waals surface area contributed by atoms with E-state index < -0.39 is 0 Å². The van der Waals surface area contributed by atoms with E-state index in [2.05, 4.69) is 46.0 Å². The molecule has 0 spiro atoms. The first-order valence-corrected chi connectivity index (χ1v) is 9.37. The van der Waals surface area contributed by atoms with Gasteiger partial charge in [-0.05, 0) is 49.7 Å². The van der Waals surface area contributed by atoms with Crippen molar-refractivity contribution in [3.8, 4) is 0 Å². The second kappa shape index (κ2) is 7.06. The normalized spacial score (nSPS) is 22.1. The highest BCUT2D eigenvalue weighted by molar-refractivity contribution is 5.28. The molecule has 2 aromatic rings. The molecule has 1 atom stereocenters. The molecule has 0 bridgehead atoms. The number of rotatable bonds is 3. The molecule has 128 valence electrons. The van der Waals surface area contributed by atoms with Crippen molar-refractivity contribution in [2.24, 2.45) is 5.92 Å². The number of hydrogen-bond acceptors (Lipinski definition) is 3. The molecular formula is C20H27N3O. The van der Waals surface area contributed by atoms with Crippen LogP contribution in [0.1, 0.15) is 60.8 Å². The molecule has 2 aliphatic rings. The molecule has 2 aliphatic heterocycles. The van der Waals surface area contributed by atoms with Crippen LogP contribution in [0.5, 0.6) is 0 Å². The highest BCUT2D eigenvalue weighted by atomic mass is 16.5. The van der Waals surface area contributed by atoms with E-state index in [0.717, 1.165) is 32.0 Å². The van der Waals surface area contributed by atoms with Crippen molar-refractivity contribution in [1.29, 1.82) is 0 Å². The third kappa shape index (κ3) is 3.12. The Morgan fingerprint density at radius 3 is 2.75 bits per heavy atom. The summed E-state index contributed by atoms with van der Waals surface area (Å²) in [4.78, 5) is 0. The van der Waals surface area contributed by atoms with Crippen LogP contribution in [0.15, 0.2) is 24.3 Å². The molecule has 24 heavy (non-hydrogen) atoms. The molecule has 1 aromatic heterocycles. The Labute approximate surface area is 144 Å². The minimum absolute atomic E-state index is 0.564. The zero-order valence-corrected chi connectivity index (χ0v) is 14.6. The Hall–Kier alpha value is -1.68. The summed E-state index contributed by atoms with van der Waals surface area (Å²) in [6, 6.07) is 8.61. The Morgan fingerprint density at radius 1 is 1.08 bits per heavy atom. The van der Waals surface area contributed by atoms with Crippen molar-refractivity contribution < 1.29 is 4.74 Å². The van der Waals surface area contributed by atoms with Gasteiger partial charge in [-0.1, -0.05) is 30.7 Å². The van der Waals surface area contributed by atoms with Gasteiger partial charge < -0.3 is 9.30 Å². The number of benzene rings is 1. The zero-order valence-electron chi connectivity index (χ0n) is 14.6. The SMILES string of the molecule is Cc1ccccc1Cc1nnc2n1CCCCC2C1CCOCC1. The molecule has 3 heterocycles. The molecule has 4 heteroatoms. The quantitative estimate of drug-likeness (QED) is 0.860. The van der Waals surface area contributed by atoms with Crippen LogP contribution < -0.4 is 0 Å². The summed E-state index contributed by atoms with van der Waals surface area (Å²) >= 11 is 0. The minimum Gasteiger partial charge on any atom is -0.381 e. The van der Waals surface area contributed by atoms with Crippen LogP contribution in [0, 0.1) is 12.8 Å². The summed E-state index contributed by atoms with van der Waals surface area (Å²) in [6.07, 6.45) is 7.03. The van der Waals surface area contributed by atoms with Gasteiger partial charge >= 0.3 is 0 Å². The molecule has 0 amide bonds. The predicted octanol–water partition coefficient (Wildman–Crippen LogP) is 3.87. The molecule has 1 unspecified atom stereocenters. The Balaban J connectivity index is 1.62. The fourth-order valence-electron chi connectivity index (χ4n) is 4.30. The first-order valence-electron chi connectivity index (χ1n) is 9.37. The fourth-order valence-corrected chi connectivity index (χ4v) is 4.30. The van der Waals surface area contributed by atoms with E-state index in [9.17, 15) is 0 Å². The smallest absolute Gasteiger partial charge is 0.137 e. The molecule has 0 aliphatic carbocycles. The van der Waals surface area contributed by atoms with Gasteiger partial charge in [0.2, 0.25) is 0 Å². The maximum atomic E-state index is 5.56. The maximum absolute atomic E-state index is 5.56. The molecule has 0 radical (unpaired) electrons. The van der Waals surface area contributed by atoms with Gasteiger partial charge in [0.25, 0.3) is 0 Å². The molecule has 1 fully saturated rings. The van der Waals surface area contributed by atoms with E-state index >= 15 is 0 Å². The Morgan fingerprint density at radius 2 is 1.92 bits per heavy atom. The van der Waals surface area contributed by atoms with E-state index in [1.165, 1.54) is 49.1 Å². The van der Waals surface area contributed by atoms with Crippen molar-refractivity contribution in [3.05, 3.63) is 47.0 Å². The molecule has 0 N–H and O–H groups in total. The number of fused-ring (bicyclic) bond motifs is 1. The summed E-state index contributed by atoms with van der Waals surface area (Å²) in [6.45, 7) is 5.07. The van der Waals surface area contributed by atoms with Crippen molar-refractivity contribution in [2.75, 3.05) is 13.2 Å². The maximum Gasteiger partial charge on any atom is 0.137 e. The predicted molar refractivity (Wildman–Crippen MR) is 94.1 cm³/mol. The van der Waals surface area contributed by atoms with Crippen LogP contribution in [0.2, 0.25) is 0 Å². The molecule has 4 nitrogen and oxygen atoms in total. The standard InChI is InChI=1S/C20H27N3O/c1-15-6-2-3-7-17(15)14-19-21-22-20-18(8-4-5-11-23(19)20)16-9-12-24-13-10-16/h2-3,6-7,16,18H,4-5,8-14H2,1H3. The molecular weight excluding hydrogens is 298 g/mol. The van der Waals surface area contributed by atoms with Crippen LogP contribution in [0.4, 0.5) is 0 Å². The van der Waals surface area contributed by atoms with Crippen molar-refractivity contribution in [3.63, 3.8) is 0 Å². The first kappa shape index (κ1) is 15.8. The van der Waals surface area contributed by atoms with Crippen molar-refractivity contribution >= 4 is 0 Å². The summed E-state index contributed by atoms with van der Waals surface area (Å²) in [7, 11) is 0. The number of aryl methyl sites for hydroxylation is 1. The van der Waals surface area contributed by atoms with Crippen LogP contribution in [-0.4, -0.2) is 28.0 Å². The van der Waals surface area contributed by atoms with Gasteiger partial charge in [-0.25, -0.2) is 0 Å². The van der Waals surface area contributed by atoms with Crippen LogP contribution in [0.3, 0.4) is 0 Å². The van der Waals surface area contributed by atoms with E-state index in [1.54, 1.807) is 0 Å². The second-order valence-corrected chi connectivity index (χ2v) is 7.28. The van der Waals surface area contributed by atoms with Crippen molar-refractivity contribution in [1.82, 2.24) is 14.8 Å². The summed E-state index contributed by atoms with van der Waals surface area (Å²) in [5.41, 5.74) is 2.70. The fraction of sp³-hybridized carbons (Fsp3) is 0.600. The van der Waals surface area contributed by atoms with Gasteiger partial charge in [0.1, 0.15) is 11.6 Å². The molecule has 1 aromatic carbocycles. The lowest BCUT2D eigenvalue weighted by Crippen LogP contribution is -2.24. The summed E-state index contributed by atoms with van der Waals surface area (Å²) in [5.74, 6) is 3.65. The topological polar surface area (TPSA) is 39.9 Å². The third-order valence-electron chi connectivity index (χ3n) is 5.78. The van der Waals surface area contributed by atoms with Gasteiger partial charge in [0.05, 0.1) is 0 Å². The number of hydrogen-bond donors (Lipinski definition) is 0. The number of nitrogens with zero attached hydrogens (tertiary/aromatic N) is 3. The third-order valence-corrected chi connectivity index (χ3v) is 5.78. The van der Waals surface area contributed by atoms with Gasteiger partial charge in [-0.2, -0.15) is 0 Å². The molecule has 0 saturated carbocycles. The Kier molecular flexibility index (Phi) is 4.65. The van der Waals surface area contributed by atoms with Gasteiger partial charge in [-0.3, -0.25) is 0 Å². The van der Waals surface area contributed by atoms with Crippen molar-refractivity contribution in [2.45, 2.75) is 57.9 Å². The van der Waals surface area contributed by atoms with Crippen LogP contribution >= 0.6 is 0 Å². The average molecular weight is 325 g/mol. The highest BCUT2D eigenvalue weighted by Gasteiger charge is 2.31. The lowest BCUT2D eigenvalue weighted by atomic mass is 9.82. The lowest BCUT2D eigenvalue weighted by molar-refractivity contribution is 0.0556. The summed E-state index contributed by atoms with van der Waals surface area (Å²) < 4.78 is 7.99. The van der Waals surface area contributed by atoms with Gasteiger partial charge in [-0.15, -0.1) is 10.2 Å². The zero-order chi connectivity index (χ0) is 16.4. The average Bonchev–Trinajstić information content (AvgIpc) is 2.88. The monoisotopic (exact) mass is 325 g/mol. The largest absolute Gasteiger partial charge is 0.381 e. The molecule has 1 saturated heterocycles. The van der Waals surface area contributed by atoms with Crippen LogP contribution in [0.25, 0.3) is 0 Å². The highest BCUT2D eigenvalue weighted by Crippen LogP contribution is 2.37. The van der Waals surface area contributed by atoms with E-state index in [0.29, 0.717) is 11.8 Å². The Bertz CT molecular complexity index is 688. The van der Waals surface area contributed by atoms with E-state index in [1.807, 2.05) is 0 Å². The van der Waals surface area contributed by atoms with Crippen LogP contribution in [-0.2, 0) is 17.7 Å². The van der Waals surface area contributed by atoms with E-state index in [4.69, 9.17) is 4.74 Å². The van der Waals surface area contributed by atoms with Gasteiger partial charge in [0.15, 0.2) is 0 Å².